The monoisotopic (exact) mass is 304 g/mol. The van der Waals surface area contributed by atoms with E-state index in [-0.39, 0.29) is 0 Å². The maximum absolute atomic E-state index is 5.65. The molecule has 5 nitrogen and oxygen atoms in total. The third-order valence-corrected chi connectivity index (χ3v) is 4.79. The number of piperazine rings is 1. The molecule has 2 N–H and O–H groups in total. The van der Waals surface area contributed by atoms with Gasteiger partial charge in [0.2, 0.25) is 0 Å². The van der Waals surface area contributed by atoms with Gasteiger partial charge in [-0.15, -0.1) is 11.3 Å². The Morgan fingerprint density at radius 2 is 2.00 bits per heavy atom. The van der Waals surface area contributed by atoms with E-state index in [1.165, 1.54) is 5.69 Å². The minimum atomic E-state index is 0.571. The molecule has 2 heterocycles. The Morgan fingerprint density at radius 1 is 1.24 bits per heavy atom. The van der Waals surface area contributed by atoms with E-state index in [0.717, 1.165) is 41.9 Å². The second-order valence-electron chi connectivity index (χ2n) is 4.99. The number of rotatable bonds is 4. The van der Waals surface area contributed by atoms with Crippen molar-refractivity contribution in [1.82, 2.24) is 4.98 Å². The molecular formula is C15H20N4OS. The van der Waals surface area contributed by atoms with Gasteiger partial charge in [0.15, 0.2) is 5.13 Å². The van der Waals surface area contributed by atoms with Crippen LogP contribution in [0, 0.1) is 0 Å². The molecule has 0 unspecified atom stereocenters. The average molecular weight is 304 g/mol. The average Bonchev–Trinajstić information content (AvgIpc) is 3.04. The molecule has 0 aliphatic carbocycles. The van der Waals surface area contributed by atoms with Crippen LogP contribution in [-0.2, 0) is 6.54 Å². The Labute approximate surface area is 129 Å². The van der Waals surface area contributed by atoms with Gasteiger partial charge in [-0.25, -0.2) is 4.98 Å². The molecule has 1 aliphatic rings. The number of anilines is 2. The number of benzene rings is 1. The van der Waals surface area contributed by atoms with Crippen LogP contribution in [0.3, 0.4) is 0 Å². The normalized spacial score (nSPS) is 15.3. The Bertz CT molecular complexity index is 593. The van der Waals surface area contributed by atoms with Crippen LogP contribution >= 0.6 is 11.3 Å². The molecule has 0 amide bonds. The Balaban J connectivity index is 1.64. The summed E-state index contributed by atoms with van der Waals surface area (Å²) in [5.41, 5.74) is 6.87. The largest absolute Gasteiger partial charge is 0.497 e. The van der Waals surface area contributed by atoms with E-state index >= 15 is 0 Å². The van der Waals surface area contributed by atoms with Crippen molar-refractivity contribution in [2.75, 3.05) is 43.1 Å². The van der Waals surface area contributed by atoms with Crippen molar-refractivity contribution in [1.29, 1.82) is 0 Å². The van der Waals surface area contributed by atoms with Gasteiger partial charge >= 0.3 is 0 Å². The van der Waals surface area contributed by atoms with Crippen LogP contribution in [0.2, 0.25) is 0 Å². The van der Waals surface area contributed by atoms with E-state index in [2.05, 4.69) is 26.9 Å². The predicted molar refractivity (Wildman–Crippen MR) is 87.4 cm³/mol. The van der Waals surface area contributed by atoms with Crippen molar-refractivity contribution in [2.45, 2.75) is 6.54 Å². The quantitative estimate of drug-likeness (QED) is 0.935. The highest BCUT2D eigenvalue weighted by Crippen LogP contribution is 2.26. The number of hydrogen-bond acceptors (Lipinski definition) is 6. The van der Waals surface area contributed by atoms with Crippen molar-refractivity contribution >= 4 is 22.2 Å². The standard InChI is InChI=1S/C15H20N4OS/c1-20-13-4-2-3-12(9-13)18-5-7-19(8-6-18)15-17-11-14(10-16)21-15/h2-4,9,11H,5-8,10,16H2,1H3. The Morgan fingerprint density at radius 3 is 2.67 bits per heavy atom. The number of aromatic nitrogens is 1. The predicted octanol–water partition coefficient (Wildman–Crippen LogP) is 1.94. The maximum Gasteiger partial charge on any atom is 0.185 e. The Kier molecular flexibility index (Phi) is 4.26. The molecule has 1 aromatic carbocycles. The zero-order valence-electron chi connectivity index (χ0n) is 12.2. The van der Waals surface area contributed by atoms with Crippen LogP contribution in [0.1, 0.15) is 4.88 Å². The molecule has 1 fully saturated rings. The van der Waals surface area contributed by atoms with Gasteiger partial charge in [-0.1, -0.05) is 6.07 Å². The maximum atomic E-state index is 5.65. The summed E-state index contributed by atoms with van der Waals surface area (Å²) in [6, 6.07) is 8.23. The fraction of sp³-hybridized carbons (Fsp3) is 0.400. The lowest BCUT2D eigenvalue weighted by molar-refractivity contribution is 0.414. The van der Waals surface area contributed by atoms with Crippen molar-refractivity contribution in [3.05, 3.63) is 35.3 Å². The number of hydrogen-bond donors (Lipinski definition) is 1. The zero-order chi connectivity index (χ0) is 14.7. The third kappa shape index (κ3) is 3.11. The first kappa shape index (κ1) is 14.2. The van der Waals surface area contributed by atoms with E-state index in [1.807, 2.05) is 18.3 Å². The lowest BCUT2D eigenvalue weighted by atomic mass is 10.2. The summed E-state index contributed by atoms with van der Waals surface area (Å²) in [5.74, 6) is 0.905. The number of nitrogens with zero attached hydrogens (tertiary/aromatic N) is 3. The lowest BCUT2D eigenvalue weighted by Crippen LogP contribution is -2.46. The molecule has 0 bridgehead atoms. The smallest absolute Gasteiger partial charge is 0.185 e. The summed E-state index contributed by atoms with van der Waals surface area (Å²) in [7, 11) is 1.70. The first-order valence-electron chi connectivity index (χ1n) is 7.09. The van der Waals surface area contributed by atoms with Crippen molar-refractivity contribution in [2.24, 2.45) is 5.73 Å². The van der Waals surface area contributed by atoms with Gasteiger partial charge in [0.1, 0.15) is 5.75 Å². The summed E-state index contributed by atoms with van der Waals surface area (Å²) in [6.07, 6.45) is 1.88. The molecule has 3 rings (SSSR count). The topological polar surface area (TPSA) is 54.6 Å². The van der Waals surface area contributed by atoms with Crippen molar-refractivity contribution < 1.29 is 4.74 Å². The first-order valence-corrected chi connectivity index (χ1v) is 7.90. The number of thiazole rings is 1. The first-order chi connectivity index (χ1) is 10.3. The van der Waals surface area contributed by atoms with Gasteiger partial charge in [0.25, 0.3) is 0 Å². The van der Waals surface area contributed by atoms with Gasteiger partial charge in [-0.05, 0) is 12.1 Å². The highest BCUT2D eigenvalue weighted by Gasteiger charge is 2.19. The van der Waals surface area contributed by atoms with E-state index < -0.39 is 0 Å². The molecule has 112 valence electrons. The van der Waals surface area contributed by atoms with Gasteiger partial charge in [0.05, 0.1) is 7.11 Å². The van der Waals surface area contributed by atoms with Crippen molar-refractivity contribution in [3.8, 4) is 5.75 Å². The molecule has 1 aliphatic heterocycles. The molecule has 0 radical (unpaired) electrons. The molecule has 1 saturated heterocycles. The number of methoxy groups -OCH3 is 1. The molecule has 1 aromatic heterocycles. The lowest BCUT2D eigenvalue weighted by Gasteiger charge is -2.36. The molecular weight excluding hydrogens is 284 g/mol. The van der Waals surface area contributed by atoms with E-state index in [1.54, 1.807) is 18.4 Å². The van der Waals surface area contributed by atoms with Crippen LogP contribution in [0.15, 0.2) is 30.5 Å². The highest BCUT2D eigenvalue weighted by atomic mass is 32.1. The molecule has 0 atom stereocenters. The summed E-state index contributed by atoms with van der Waals surface area (Å²) in [4.78, 5) is 10.3. The van der Waals surface area contributed by atoms with Crippen LogP contribution in [0.25, 0.3) is 0 Å². The van der Waals surface area contributed by atoms with Crippen LogP contribution < -0.4 is 20.3 Å². The van der Waals surface area contributed by atoms with Crippen LogP contribution in [0.4, 0.5) is 10.8 Å². The number of ether oxygens (including phenoxy) is 1. The fourth-order valence-electron chi connectivity index (χ4n) is 2.50. The fourth-order valence-corrected chi connectivity index (χ4v) is 3.34. The van der Waals surface area contributed by atoms with E-state index in [9.17, 15) is 0 Å². The summed E-state index contributed by atoms with van der Waals surface area (Å²) in [5, 5.41) is 1.08. The molecule has 2 aromatic rings. The molecule has 0 saturated carbocycles. The zero-order valence-corrected chi connectivity index (χ0v) is 13.0. The van der Waals surface area contributed by atoms with Gasteiger partial charge in [0, 0.05) is 55.6 Å². The van der Waals surface area contributed by atoms with Gasteiger partial charge in [-0.2, -0.15) is 0 Å². The van der Waals surface area contributed by atoms with E-state index in [4.69, 9.17) is 10.5 Å². The summed E-state index contributed by atoms with van der Waals surface area (Å²) < 4.78 is 5.29. The highest BCUT2D eigenvalue weighted by molar-refractivity contribution is 7.15. The SMILES string of the molecule is COc1cccc(N2CCN(c3ncc(CN)s3)CC2)c1. The number of nitrogens with two attached hydrogens (primary N) is 1. The summed E-state index contributed by atoms with van der Waals surface area (Å²) in [6.45, 7) is 4.51. The third-order valence-electron chi connectivity index (χ3n) is 3.71. The minimum Gasteiger partial charge on any atom is -0.497 e. The Hall–Kier alpha value is -1.79. The van der Waals surface area contributed by atoms with Crippen LogP contribution in [-0.4, -0.2) is 38.3 Å². The van der Waals surface area contributed by atoms with Gasteiger partial charge < -0.3 is 20.3 Å². The van der Waals surface area contributed by atoms with Crippen LogP contribution in [0.5, 0.6) is 5.75 Å². The molecule has 21 heavy (non-hydrogen) atoms. The van der Waals surface area contributed by atoms with Gasteiger partial charge in [-0.3, -0.25) is 0 Å². The second-order valence-corrected chi connectivity index (χ2v) is 6.08. The minimum absolute atomic E-state index is 0.571. The van der Waals surface area contributed by atoms with E-state index in [0.29, 0.717) is 6.54 Å². The molecule has 6 heteroatoms. The molecule has 0 spiro atoms. The van der Waals surface area contributed by atoms with Crippen molar-refractivity contribution in [3.63, 3.8) is 0 Å². The second kappa shape index (κ2) is 6.32. The summed E-state index contributed by atoms with van der Waals surface area (Å²) >= 11 is 1.69.